The minimum atomic E-state index is 0.235. The van der Waals surface area contributed by atoms with Gasteiger partial charge >= 0.3 is 0 Å². The summed E-state index contributed by atoms with van der Waals surface area (Å²) in [6, 6.07) is 21.8. The molecule has 0 unspecified atom stereocenters. The second kappa shape index (κ2) is 16.7. The fourth-order valence-electron chi connectivity index (χ4n) is 15.2. The zero-order valence-electron chi connectivity index (χ0n) is 42.3. The third kappa shape index (κ3) is 11.3. The maximum atomic E-state index is 4.07. The van der Waals surface area contributed by atoms with Crippen LogP contribution in [0.15, 0.2) is 54.6 Å². The van der Waals surface area contributed by atoms with Crippen molar-refractivity contribution in [3.63, 3.8) is 0 Å². The topological polar surface area (TPSA) is 15.3 Å². The monoisotopic (exact) mass is 797 g/mol. The molecule has 1 N–H and O–H groups in total. The lowest BCUT2D eigenvalue weighted by Crippen LogP contribution is -2.54. The Hall–Kier alpha value is -1.96. The second-order valence-electron chi connectivity index (χ2n) is 27.6. The molecule has 2 aromatic carbocycles. The Bertz CT molecular complexity index is 1520. The smallest absolute Gasteiger partial charge is 0.0414 e. The Labute approximate surface area is 362 Å². The maximum absolute atomic E-state index is 4.07. The Morgan fingerprint density at radius 1 is 0.431 bits per heavy atom. The van der Waals surface area contributed by atoms with Crippen molar-refractivity contribution in [2.45, 2.75) is 228 Å². The van der Waals surface area contributed by atoms with E-state index in [4.69, 9.17) is 0 Å². The molecule has 2 heteroatoms. The van der Waals surface area contributed by atoms with Crippen LogP contribution in [0.4, 0.5) is 17.1 Å². The van der Waals surface area contributed by atoms with E-state index in [2.05, 4.69) is 203 Å². The predicted octanol–water partition coefficient (Wildman–Crippen LogP) is 17.9. The third-order valence-electron chi connectivity index (χ3n) is 15.6. The summed E-state index contributed by atoms with van der Waals surface area (Å²) < 4.78 is 0. The average molecular weight is 797 g/mol. The van der Waals surface area contributed by atoms with E-state index in [1.165, 1.54) is 94.1 Å². The molecule has 4 rings (SSSR count). The predicted molar refractivity (Wildman–Crippen MR) is 259 cm³/mol. The van der Waals surface area contributed by atoms with E-state index < -0.39 is 0 Å². The Balaban J connectivity index is 1.58. The zero-order chi connectivity index (χ0) is 44.0. The lowest BCUT2D eigenvalue weighted by atomic mass is 9.43. The van der Waals surface area contributed by atoms with Crippen LogP contribution in [0.1, 0.15) is 216 Å². The van der Waals surface area contributed by atoms with E-state index in [1.807, 2.05) is 0 Å². The van der Waals surface area contributed by atoms with Crippen LogP contribution in [0, 0.1) is 54.1 Å². The van der Waals surface area contributed by atoms with Crippen LogP contribution in [-0.4, -0.2) is 12.1 Å². The maximum Gasteiger partial charge on any atom is 0.0414 e. The molecule has 0 radical (unpaired) electrons. The summed E-state index contributed by atoms with van der Waals surface area (Å²) >= 11 is 0. The quantitative estimate of drug-likeness (QED) is 0.217. The molecular formula is C56H96N2. The highest BCUT2D eigenvalue weighted by atomic mass is 15.2. The minimum absolute atomic E-state index is 0.235. The van der Waals surface area contributed by atoms with Crippen LogP contribution in [0.3, 0.4) is 0 Å². The summed E-state index contributed by atoms with van der Waals surface area (Å²) in [5.41, 5.74) is 6.70. The van der Waals surface area contributed by atoms with Crippen LogP contribution in [0.25, 0.3) is 0 Å². The van der Waals surface area contributed by atoms with Crippen molar-refractivity contribution in [3.8, 4) is 0 Å². The molecule has 0 aliphatic heterocycles. The Morgan fingerprint density at radius 3 is 1.07 bits per heavy atom. The number of nitrogens with one attached hydrogen (secondary N) is 1. The van der Waals surface area contributed by atoms with Crippen molar-refractivity contribution in [1.29, 1.82) is 0 Å². The molecule has 0 heterocycles. The lowest BCUT2D eigenvalue weighted by Gasteiger charge is -2.62. The molecule has 0 aromatic heterocycles. The number of hydrogen-bond acceptors (Lipinski definition) is 2. The van der Waals surface area contributed by atoms with Gasteiger partial charge in [-0.2, -0.15) is 0 Å². The largest absolute Gasteiger partial charge is 0.382 e. The summed E-state index contributed by atoms with van der Waals surface area (Å²) in [7, 11) is 0. The van der Waals surface area contributed by atoms with Gasteiger partial charge in [0.05, 0.1) is 0 Å². The lowest BCUT2D eigenvalue weighted by molar-refractivity contribution is -0.116. The van der Waals surface area contributed by atoms with Gasteiger partial charge in [-0.15, -0.1) is 0 Å². The van der Waals surface area contributed by atoms with Crippen LogP contribution in [-0.2, 0) is 0 Å². The van der Waals surface area contributed by atoms with Crippen LogP contribution < -0.4 is 10.2 Å². The highest BCUT2D eigenvalue weighted by Crippen LogP contribution is 2.67. The van der Waals surface area contributed by atoms with E-state index in [0.29, 0.717) is 39.2 Å². The molecule has 0 atom stereocenters. The van der Waals surface area contributed by atoms with Gasteiger partial charge in [0.25, 0.3) is 0 Å². The van der Waals surface area contributed by atoms with E-state index in [1.54, 1.807) is 0 Å². The van der Waals surface area contributed by atoms with Gasteiger partial charge in [0.1, 0.15) is 0 Å². The van der Waals surface area contributed by atoms with E-state index in [-0.39, 0.29) is 27.1 Å². The van der Waals surface area contributed by atoms with Gasteiger partial charge in [-0.05, 0) is 168 Å². The normalized spacial score (nSPS) is 19.6. The van der Waals surface area contributed by atoms with Crippen LogP contribution >= 0.6 is 0 Å². The second-order valence-corrected chi connectivity index (χ2v) is 27.6. The molecule has 2 saturated carbocycles. The van der Waals surface area contributed by atoms with E-state index >= 15 is 0 Å². The average Bonchev–Trinajstić information content (AvgIpc) is 3.02. The number of benzene rings is 2. The van der Waals surface area contributed by atoms with Gasteiger partial charge in [0.2, 0.25) is 0 Å². The Morgan fingerprint density at radius 2 is 0.741 bits per heavy atom. The molecule has 0 bridgehead atoms. The van der Waals surface area contributed by atoms with Crippen molar-refractivity contribution >= 4 is 17.1 Å². The molecule has 2 nitrogen and oxygen atoms in total. The number of anilines is 3. The van der Waals surface area contributed by atoms with Crippen molar-refractivity contribution in [3.05, 3.63) is 54.6 Å². The summed E-state index contributed by atoms with van der Waals surface area (Å²) in [5, 5.41) is 4.07. The molecule has 2 aliphatic rings. The summed E-state index contributed by atoms with van der Waals surface area (Å²) in [6.45, 7) is 50.3. The summed E-state index contributed by atoms with van der Waals surface area (Å²) in [4.78, 5) is 2.70. The van der Waals surface area contributed by atoms with Gasteiger partial charge < -0.3 is 10.2 Å². The first-order valence-corrected chi connectivity index (χ1v) is 23.9. The molecule has 0 saturated heterocycles. The van der Waals surface area contributed by atoms with Crippen LogP contribution in [0.5, 0.6) is 0 Å². The summed E-state index contributed by atoms with van der Waals surface area (Å²) in [6.07, 6.45) is 15.1. The van der Waals surface area contributed by atoms with E-state index in [9.17, 15) is 0 Å². The first kappa shape index (κ1) is 48.7. The van der Waals surface area contributed by atoms with E-state index in [0.717, 1.165) is 0 Å². The van der Waals surface area contributed by atoms with Gasteiger partial charge in [0.15, 0.2) is 0 Å². The van der Waals surface area contributed by atoms with Crippen molar-refractivity contribution in [2.75, 3.05) is 10.2 Å². The SMILES string of the molecule is CC(C)(C)CC(C)(C)C1(C(C)(C)CC(C)(C)C)CCC(Nc2ccc(N(c3ccccc3)C3CCC(C(C)(C)CC(C)(C)C)(C(C)(C)CC(C)(C)C)CC3)cc2)CC1. The van der Waals surface area contributed by atoms with Crippen molar-refractivity contribution in [2.24, 2.45) is 54.1 Å². The fourth-order valence-corrected chi connectivity index (χ4v) is 15.2. The molecular weight excluding hydrogens is 701 g/mol. The molecule has 58 heavy (non-hydrogen) atoms. The van der Waals surface area contributed by atoms with Crippen LogP contribution in [0.2, 0.25) is 0 Å². The molecule has 2 fully saturated rings. The molecule has 330 valence electrons. The first-order chi connectivity index (χ1) is 26.1. The van der Waals surface area contributed by atoms with Gasteiger partial charge in [-0.3, -0.25) is 0 Å². The zero-order valence-corrected chi connectivity index (χ0v) is 42.3. The summed E-state index contributed by atoms with van der Waals surface area (Å²) in [5.74, 6) is 0. The Kier molecular flexibility index (Phi) is 14.0. The first-order valence-electron chi connectivity index (χ1n) is 23.9. The van der Waals surface area contributed by atoms with Crippen molar-refractivity contribution in [1.82, 2.24) is 0 Å². The number of hydrogen-bond donors (Lipinski definition) is 1. The number of para-hydroxylation sites is 1. The highest BCUT2D eigenvalue weighted by molar-refractivity contribution is 5.66. The molecule has 0 amide bonds. The highest BCUT2D eigenvalue weighted by Gasteiger charge is 2.58. The standard InChI is InChI=1S/C56H96N2/c1-47(2,3)38-51(13,14)55(52(15,16)39-48(4,5)6)34-30-43(31-35-55)57-42-26-28-45(29-27-42)58(44-24-22-21-23-25-44)46-32-36-56(37-33-46,53(17,18)40-49(7,8)9)54(19,20)41-50(10,11)12/h21-29,43,46,57H,30-41H2,1-20H3. The van der Waals surface area contributed by atoms with Gasteiger partial charge in [0, 0.05) is 29.1 Å². The van der Waals surface area contributed by atoms with Gasteiger partial charge in [-0.1, -0.05) is 157 Å². The minimum Gasteiger partial charge on any atom is -0.382 e. The molecule has 2 aliphatic carbocycles. The number of nitrogens with zero attached hydrogens (tertiary/aromatic N) is 1. The third-order valence-corrected chi connectivity index (χ3v) is 15.6. The van der Waals surface area contributed by atoms with Gasteiger partial charge in [-0.25, -0.2) is 0 Å². The number of rotatable bonds is 13. The molecule has 2 aromatic rings. The fraction of sp³-hybridized carbons (Fsp3) is 0.786. The van der Waals surface area contributed by atoms with Crippen molar-refractivity contribution < 1.29 is 0 Å². The molecule has 0 spiro atoms.